The minimum Gasteiger partial charge on any atom is -0.463 e. The molecule has 0 saturated carbocycles. The van der Waals surface area contributed by atoms with Gasteiger partial charge in [0.1, 0.15) is 0 Å². The summed E-state index contributed by atoms with van der Waals surface area (Å²) < 4.78 is 5.12. The maximum atomic E-state index is 11.8. The van der Waals surface area contributed by atoms with Crippen LogP contribution in [0.1, 0.15) is 39.5 Å². The van der Waals surface area contributed by atoms with Crippen LogP contribution in [0.15, 0.2) is 11.1 Å². The summed E-state index contributed by atoms with van der Waals surface area (Å²) >= 11 is 0. The average Bonchev–Trinajstić information content (AvgIpc) is 2.27. The Morgan fingerprint density at radius 2 is 2.19 bits per heavy atom. The molecule has 0 unspecified atom stereocenters. The van der Waals surface area contributed by atoms with Crippen LogP contribution in [0.2, 0.25) is 0 Å². The van der Waals surface area contributed by atoms with Gasteiger partial charge in [-0.3, -0.25) is 0 Å². The molecule has 0 aromatic rings. The summed E-state index contributed by atoms with van der Waals surface area (Å²) in [6.45, 7) is 6.31. The van der Waals surface area contributed by atoms with Crippen molar-refractivity contribution in [3.63, 3.8) is 0 Å². The smallest absolute Gasteiger partial charge is 0.335 e. The molecule has 0 bridgehead atoms. The third-order valence-corrected chi connectivity index (χ3v) is 3.00. The molecule has 0 aromatic carbocycles. The molecule has 1 aliphatic heterocycles. The summed E-state index contributed by atoms with van der Waals surface area (Å²) in [5, 5.41) is 0. The zero-order valence-electron chi connectivity index (χ0n) is 10.7. The van der Waals surface area contributed by atoms with Crippen LogP contribution in [0.25, 0.3) is 0 Å². The van der Waals surface area contributed by atoms with Crippen LogP contribution in [-0.2, 0) is 9.53 Å². The Labute approximate surface area is 98.5 Å². The van der Waals surface area contributed by atoms with Crippen molar-refractivity contribution in [3.8, 4) is 0 Å². The maximum Gasteiger partial charge on any atom is 0.335 e. The topological polar surface area (TPSA) is 29.5 Å². The first-order valence-corrected chi connectivity index (χ1v) is 6.25. The highest BCUT2D eigenvalue weighted by atomic mass is 16.5. The molecule has 0 saturated heterocycles. The lowest BCUT2D eigenvalue weighted by molar-refractivity contribution is -0.139. The summed E-state index contributed by atoms with van der Waals surface area (Å²) in [6, 6.07) is 0. The highest BCUT2D eigenvalue weighted by Gasteiger charge is 2.22. The van der Waals surface area contributed by atoms with Crippen molar-refractivity contribution in [2.75, 3.05) is 26.7 Å². The molecule has 0 amide bonds. The number of nitrogens with zero attached hydrogens (tertiary/aromatic N) is 1. The number of hydrogen-bond acceptors (Lipinski definition) is 3. The highest BCUT2D eigenvalue weighted by Crippen LogP contribution is 2.23. The first-order valence-electron chi connectivity index (χ1n) is 6.25. The summed E-state index contributed by atoms with van der Waals surface area (Å²) in [6.07, 6.45) is 4.42. The molecule has 0 aliphatic carbocycles. The van der Waals surface area contributed by atoms with Crippen LogP contribution in [0.5, 0.6) is 0 Å². The Morgan fingerprint density at radius 1 is 1.44 bits per heavy atom. The van der Waals surface area contributed by atoms with Gasteiger partial charge < -0.3 is 9.64 Å². The zero-order valence-corrected chi connectivity index (χ0v) is 10.7. The summed E-state index contributed by atoms with van der Waals surface area (Å²) in [7, 11) is 2.05. The first kappa shape index (κ1) is 13.2. The van der Waals surface area contributed by atoms with E-state index < -0.39 is 0 Å². The van der Waals surface area contributed by atoms with Gasteiger partial charge in [0.15, 0.2) is 0 Å². The minimum atomic E-state index is -0.111. The minimum absolute atomic E-state index is 0.111. The molecule has 0 aromatic heterocycles. The van der Waals surface area contributed by atoms with Gasteiger partial charge in [-0.2, -0.15) is 0 Å². The van der Waals surface area contributed by atoms with Gasteiger partial charge in [0.05, 0.1) is 12.2 Å². The number of carbonyl (C=O) groups excluding carboxylic acids is 1. The Morgan fingerprint density at radius 3 is 2.81 bits per heavy atom. The van der Waals surface area contributed by atoms with Gasteiger partial charge in [0, 0.05) is 13.1 Å². The lowest BCUT2D eigenvalue weighted by atomic mass is 9.95. The first-order chi connectivity index (χ1) is 7.69. The second-order valence-corrected chi connectivity index (χ2v) is 4.39. The van der Waals surface area contributed by atoms with E-state index in [0.717, 1.165) is 31.5 Å². The van der Waals surface area contributed by atoms with Gasteiger partial charge >= 0.3 is 5.97 Å². The van der Waals surface area contributed by atoms with E-state index in [1.807, 2.05) is 6.92 Å². The largest absolute Gasteiger partial charge is 0.463 e. The van der Waals surface area contributed by atoms with Crippen LogP contribution in [0.4, 0.5) is 0 Å². The van der Waals surface area contributed by atoms with Crippen LogP contribution in [-0.4, -0.2) is 37.6 Å². The second kappa shape index (κ2) is 6.69. The lowest BCUT2D eigenvalue weighted by Gasteiger charge is -2.26. The molecule has 92 valence electrons. The number of ether oxygens (including phenoxy) is 1. The van der Waals surface area contributed by atoms with Gasteiger partial charge in [-0.05, 0) is 33.2 Å². The van der Waals surface area contributed by atoms with E-state index in [0.29, 0.717) is 6.61 Å². The van der Waals surface area contributed by atoms with Crippen molar-refractivity contribution < 1.29 is 9.53 Å². The fraction of sp³-hybridized carbons (Fsp3) is 0.769. The average molecular weight is 225 g/mol. The molecule has 0 radical (unpaired) electrons. The molecule has 0 spiro atoms. The SMILES string of the molecule is CCCCC1=C(C(=O)OCC)CN(C)CC1. The molecule has 0 atom stereocenters. The van der Waals surface area contributed by atoms with Crippen molar-refractivity contribution in [2.45, 2.75) is 39.5 Å². The summed E-state index contributed by atoms with van der Waals surface area (Å²) in [4.78, 5) is 14.0. The van der Waals surface area contributed by atoms with E-state index in [2.05, 4.69) is 18.9 Å². The number of rotatable bonds is 5. The number of unbranched alkanes of at least 4 members (excludes halogenated alkanes) is 1. The van der Waals surface area contributed by atoms with E-state index in [4.69, 9.17) is 4.74 Å². The van der Waals surface area contributed by atoms with Gasteiger partial charge in [0.25, 0.3) is 0 Å². The predicted molar refractivity (Wildman–Crippen MR) is 65.3 cm³/mol. The van der Waals surface area contributed by atoms with E-state index in [9.17, 15) is 4.79 Å². The molecule has 16 heavy (non-hydrogen) atoms. The number of likely N-dealkylation sites (N-methyl/N-ethyl adjacent to an activating group) is 1. The molecular formula is C13H23NO2. The molecule has 0 N–H and O–H groups in total. The maximum absolute atomic E-state index is 11.8. The molecule has 1 heterocycles. The van der Waals surface area contributed by atoms with Crippen LogP contribution in [0, 0.1) is 0 Å². The van der Waals surface area contributed by atoms with Crippen LogP contribution < -0.4 is 0 Å². The van der Waals surface area contributed by atoms with E-state index in [-0.39, 0.29) is 5.97 Å². The Bertz CT molecular complexity index is 271. The molecule has 1 rings (SSSR count). The zero-order chi connectivity index (χ0) is 12.0. The lowest BCUT2D eigenvalue weighted by Crippen LogP contribution is -2.31. The quantitative estimate of drug-likeness (QED) is 0.673. The van der Waals surface area contributed by atoms with Crippen molar-refractivity contribution in [1.82, 2.24) is 4.90 Å². The summed E-state index contributed by atoms with van der Waals surface area (Å²) in [5.74, 6) is -0.111. The summed E-state index contributed by atoms with van der Waals surface area (Å²) in [5.41, 5.74) is 2.22. The van der Waals surface area contributed by atoms with Gasteiger partial charge in [-0.25, -0.2) is 4.79 Å². The number of carbonyl (C=O) groups is 1. The molecule has 1 aliphatic rings. The number of hydrogen-bond donors (Lipinski definition) is 0. The monoisotopic (exact) mass is 225 g/mol. The van der Waals surface area contributed by atoms with Gasteiger partial charge in [-0.15, -0.1) is 0 Å². The standard InChI is InChI=1S/C13H23NO2/c1-4-6-7-11-8-9-14(3)10-12(11)13(15)16-5-2/h4-10H2,1-3H3. The predicted octanol–water partition coefficient (Wildman–Crippen LogP) is 2.37. The fourth-order valence-electron chi connectivity index (χ4n) is 2.03. The van der Waals surface area contributed by atoms with Gasteiger partial charge in [0.2, 0.25) is 0 Å². The highest BCUT2D eigenvalue weighted by molar-refractivity contribution is 5.90. The Hall–Kier alpha value is -0.830. The van der Waals surface area contributed by atoms with Crippen molar-refractivity contribution >= 4 is 5.97 Å². The Balaban J connectivity index is 2.74. The molecule has 3 heteroatoms. The van der Waals surface area contributed by atoms with Crippen molar-refractivity contribution in [3.05, 3.63) is 11.1 Å². The van der Waals surface area contributed by atoms with Crippen molar-refractivity contribution in [1.29, 1.82) is 0 Å². The normalized spacial score (nSPS) is 17.7. The van der Waals surface area contributed by atoms with Crippen LogP contribution in [0.3, 0.4) is 0 Å². The number of esters is 1. The third kappa shape index (κ3) is 3.63. The molecule has 0 fully saturated rings. The third-order valence-electron chi connectivity index (χ3n) is 3.00. The fourth-order valence-corrected chi connectivity index (χ4v) is 2.03. The van der Waals surface area contributed by atoms with E-state index >= 15 is 0 Å². The Kier molecular flexibility index (Phi) is 5.53. The van der Waals surface area contributed by atoms with E-state index in [1.54, 1.807) is 0 Å². The van der Waals surface area contributed by atoms with E-state index in [1.165, 1.54) is 18.4 Å². The molecule has 3 nitrogen and oxygen atoms in total. The molecular weight excluding hydrogens is 202 g/mol. The second-order valence-electron chi connectivity index (χ2n) is 4.39. The van der Waals surface area contributed by atoms with Gasteiger partial charge in [-0.1, -0.05) is 18.9 Å². The van der Waals surface area contributed by atoms with Crippen molar-refractivity contribution in [2.24, 2.45) is 0 Å². The van der Waals surface area contributed by atoms with Crippen LogP contribution >= 0.6 is 0 Å².